The average Bonchev–Trinajstić information content (AvgIpc) is 3.50. The molecule has 3 aromatic rings. The number of nitrogens with zero attached hydrogens (tertiary/aromatic N) is 6. The molecule has 2 aliphatic heterocycles. The van der Waals surface area contributed by atoms with Gasteiger partial charge in [-0.1, -0.05) is 5.16 Å². The predicted molar refractivity (Wildman–Crippen MR) is 123 cm³/mol. The lowest BCUT2D eigenvalue weighted by molar-refractivity contribution is 0.219. The quantitative estimate of drug-likeness (QED) is 0.539. The average molecular weight is 492 g/mol. The van der Waals surface area contributed by atoms with Crippen LogP contribution in [-0.4, -0.2) is 58.9 Å². The van der Waals surface area contributed by atoms with Gasteiger partial charge in [0.25, 0.3) is 0 Å². The van der Waals surface area contributed by atoms with Crippen LogP contribution in [0, 0.1) is 30.3 Å². The molecule has 5 rings (SSSR count). The predicted octanol–water partition coefficient (Wildman–Crippen LogP) is 3.10. The number of piperidine rings is 1. The molecule has 1 unspecified atom stereocenters. The number of nitrogens with two attached hydrogens (primary N) is 1. The Morgan fingerprint density at radius 3 is 2.31 bits per heavy atom. The van der Waals surface area contributed by atoms with Crippen molar-refractivity contribution in [3.8, 4) is 5.75 Å². The summed E-state index contributed by atoms with van der Waals surface area (Å²) in [5, 5.41) is 3.85. The topological polar surface area (TPSA) is 106 Å². The van der Waals surface area contributed by atoms with Gasteiger partial charge in [0.05, 0.1) is 19.0 Å². The zero-order chi connectivity index (χ0) is 24.8. The Kier molecular flexibility index (Phi) is 8.01. The smallest absolute Gasteiger partial charge is 0.324 e. The minimum absolute atomic E-state index is 0.219. The van der Waals surface area contributed by atoms with E-state index >= 15 is 0 Å². The molecule has 1 atom stereocenters. The maximum atomic E-state index is 12.0. The summed E-state index contributed by atoms with van der Waals surface area (Å²) < 4.78 is 47.0. The Morgan fingerprint density at radius 2 is 1.74 bits per heavy atom. The van der Waals surface area contributed by atoms with Crippen LogP contribution in [0.4, 0.5) is 25.1 Å². The number of aryl methyl sites for hydroxylation is 1. The van der Waals surface area contributed by atoms with Crippen LogP contribution in [0.3, 0.4) is 0 Å². The van der Waals surface area contributed by atoms with Crippen LogP contribution in [0.15, 0.2) is 35.1 Å². The van der Waals surface area contributed by atoms with Gasteiger partial charge in [0.1, 0.15) is 5.82 Å². The van der Waals surface area contributed by atoms with Crippen molar-refractivity contribution in [2.45, 2.75) is 32.2 Å². The van der Waals surface area contributed by atoms with E-state index < -0.39 is 17.5 Å². The molecule has 188 valence electrons. The number of benzene rings is 1. The van der Waals surface area contributed by atoms with Crippen LogP contribution in [0.2, 0.25) is 0 Å². The molecular formula is C23H28F3N7O2. The first kappa shape index (κ1) is 24.7. The van der Waals surface area contributed by atoms with Crippen molar-refractivity contribution < 1.29 is 22.4 Å². The second-order valence-corrected chi connectivity index (χ2v) is 8.64. The minimum Gasteiger partial charge on any atom is -0.490 e. The van der Waals surface area contributed by atoms with Gasteiger partial charge in [-0.2, -0.15) is 4.98 Å². The van der Waals surface area contributed by atoms with E-state index in [2.05, 4.69) is 29.9 Å². The van der Waals surface area contributed by atoms with Gasteiger partial charge in [0.2, 0.25) is 5.95 Å². The van der Waals surface area contributed by atoms with Gasteiger partial charge >= 0.3 is 6.01 Å². The van der Waals surface area contributed by atoms with Gasteiger partial charge in [0.15, 0.2) is 23.2 Å². The molecule has 0 aliphatic carbocycles. The number of rotatable bonds is 5. The Morgan fingerprint density at radius 1 is 1.03 bits per heavy atom. The molecule has 4 heterocycles. The Bertz CT molecular complexity index is 1090. The van der Waals surface area contributed by atoms with Crippen LogP contribution in [-0.2, 0) is 0 Å². The minimum atomic E-state index is -1.16. The zero-order valence-corrected chi connectivity index (χ0v) is 19.4. The third kappa shape index (κ3) is 6.81. The van der Waals surface area contributed by atoms with Gasteiger partial charge < -0.3 is 24.8 Å². The first-order valence-electron chi connectivity index (χ1n) is 11.5. The highest BCUT2D eigenvalue weighted by Crippen LogP contribution is 2.23. The van der Waals surface area contributed by atoms with Gasteiger partial charge in [-0.25, -0.2) is 23.1 Å². The molecule has 0 radical (unpaired) electrons. The molecule has 2 saturated heterocycles. The van der Waals surface area contributed by atoms with E-state index in [4.69, 9.17) is 15.0 Å². The van der Waals surface area contributed by atoms with Crippen LogP contribution in [0.1, 0.15) is 25.1 Å². The molecule has 0 amide bonds. The second kappa shape index (κ2) is 11.3. The van der Waals surface area contributed by atoms with Crippen LogP contribution < -0.4 is 20.3 Å². The maximum absolute atomic E-state index is 12.0. The molecule has 2 aliphatic rings. The van der Waals surface area contributed by atoms with E-state index in [9.17, 15) is 13.2 Å². The highest BCUT2D eigenvalue weighted by Gasteiger charge is 2.24. The number of anilines is 2. The first-order valence-corrected chi connectivity index (χ1v) is 11.5. The summed E-state index contributed by atoms with van der Waals surface area (Å²) in [6.45, 7) is 6.05. The molecule has 1 aromatic carbocycles. The Labute approximate surface area is 201 Å². The fourth-order valence-electron chi connectivity index (χ4n) is 3.91. The summed E-state index contributed by atoms with van der Waals surface area (Å²) in [6.07, 6.45) is 6.56. The van der Waals surface area contributed by atoms with E-state index in [0.717, 1.165) is 63.5 Å². The molecule has 2 aromatic heterocycles. The molecule has 0 bridgehead atoms. The molecule has 0 spiro atoms. The van der Waals surface area contributed by atoms with Crippen molar-refractivity contribution in [1.82, 2.24) is 20.1 Å². The van der Waals surface area contributed by atoms with E-state index in [1.165, 1.54) is 0 Å². The van der Waals surface area contributed by atoms with E-state index in [-0.39, 0.29) is 6.04 Å². The number of hydrogen-bond acceptors (Lipinski definition) is 9. The number of hydrogen-bond donors (Lipinski definition) is 1. The first-order chi connectivity index (χ1) is 16.9. The standard InChI is InChI=1S/C17H25N7O2.C6H3F3/c1-12-21-17(26-22-12)23-5-2-13(3-6-23)11-25-15-8-19-16(20-9-15)24-7-4-14(18)10-24;7-4-1-2-5(8)6(9)3-4/h8-9,13-14H,2-7,10-11,18H2,1H3;1-3H. The summed E-state index contributed by atoms with van der Waals surface area (Å²) in [5.74, 6) is -0.336. The largest absolute Gasteiger partial charge is 0.490 e. The third-order valence-electron chi connectivity index (χ3n) is 5.89. The van der Waals surface area contributed by atoms with Gasteiger partial charge in [-0.15, -0.1) is 0 Å². The van der Waals surface area contributed by atoms with Crippen molar-refractivity contribution in [2.75, 3.05) is 42.6 Å². The Hall–Kier alpha value is -3.41. The van der Waals surface area contributed by atoms with Crippen molar-refractivity contribution in [2.24, 2.45) is 11.7 Å². The molecule has 12 heteroatoms. The van der Waals surface area contributed by atoms with E-state index in [1.807, 2.05) is 6.92 Å². The molecule has 9 nitrogen and oxygen atoms in total. The number of ether oxygens (including phenoxy) is 1. The fourth-order valence-corrected chi connectivity index (χ4v) is 3.91. The number of aromatic nitrogens is 4. The molecule has 0 saturated carbocycles. The van der Waals surface area contributed by atoms with Crippen LogP contribution in [0.5, 0.6) is 5.75 Å². The second-order valence-electron chi connectivity index (χ2n) is 8.64. The summed E-state index contributed by atoms with van der Waals surface area (Å²) in [6, 6.07) is 2.93. The maximum Gasteiger partial charge on any atom is 0.324 e. The molecule has 2 fully saturated rings. The van der Waals surface area contributed by atoms with E-state index in [0.29, 0.717) is 36.2 Å². The van der Waals surface area contributed by atoms with Gasteiger partial charge in [-0.05, 0) is 44.2 Å². The molecular weight excluding hydrogens is 463 g/mol. The highest BCUT2D eigenvalue weighted by atomic mass is 19.2. The lowest BCUT2D eigenvalue weighted by Gasteiger charge is -2.30. The SMILES string of the molecule is Cc1noc(N2CCC(COc3cnc(N4CCC(N)C4)nc3)CC2)n1.Fc1ccc(F)c(F)c1. The highest BCUT2D eigenvalue weighted by molar-refractivity contribution is 5.33. The Balaban J connectivity index is 0.000000271. The monoisotopic (exact) mass is 491 g/mol. The normalized spacial score (nSPS) is 18.4. The van der Waals surface area contributed by atoms with E-state index in [1.54, 1.807) is 12.4 Å². The zero-order valence-electron chi connectivity index (χ0n) is 19.4. The van der Waals surface area contributed by atoms with Crippen LogP contribution in [0.25, 0.3) is 0 Å². The fraction of sp³-hybridized carbons (Fsp3) is 0.478. The van der Waals surface area contributed by atoms with Crippen molar-refractivity contribution in [1.29, 1.82) is 0 Å². The third-order valence-corrected chi connectivity index (χ3v) is 5.89. The van der Waals surface area contributed by atoms with Crippen molar-refractivity contribution in [3.63, 3.8) is 0 Å². The van der Waals surface area contributed by atoms with Gasteiger partial charge in [0, 0.05) is 38.3 Å². The molecule has 2 N–H and O–H groups in total. The van der Waals surface area contributed by atoms with Gasteiger partial charge in [-0.3, -0.25) is 0 Å². The summed E-state index contributed by atoms with van der Waals surface area (Å²) in [4.78, 5) is 17.4. The number of halogens is 3. The summed E-state index contributed by atoms with van der Waals surface area (Å²) in [7, 11) is 0. The molecule has 35 heavy (non-hydrogen) atoms. The summed E-state index contributed by atoms with van der Waals surface area (Å²) in [5.41, 5.74) is 5.93. The lowest BCUT2D eigenvalue weighted by atomic mass is 9.98. The summed E-state index contributed by atoms with van der Waals surface area (Å²) >= 11 is 0. The lowest BCUT2D eigenvalue weighted by Crippen LogP contribution is -2.35. The van der Waals surface area contributed by atoms with Crippen LogP contribution >= 0.6 is 0 Å². The van der Waals surface area contributed by atoms with Crippen molar-refractivity contribution in [3.05, 3.63) is 53.9 Å². The van der Waals surface area contributed by atoms with Crippen molar-refractivity contribution >= 4 is 12.0 Å².